The third-order valence-corrected chi connectivity index (χ3v) is 2.81. The largest absolute Gasteiger partial charge is 0.476 e. The fourth-order valence-electron chi connectivity index (χ4n) is 1.89. The molecule has 0 spiro atoms. The van der Waals surface area contributed by atoms with Gasteiger partial charge < -0.3 is 10.8 Å². The number of nitrogens with two attached hydrogens (primary N) is 1. The highest BCUT2D eigenvalue weighted by atomic mass is 16.4. The third-order valence-electron chi connectivity index (χ3n) is 2.81. The molecule has 2 aromatic heterocycles. The number of aromatic nitrogens is 4. The average Bonchev–Trinajstić information content (AvgIpc) is 2.85. The van der Waals surface area contributed by atoms with Crippen molar-refractivity contribution in [3.05, 3.63) is 30.1 Å². The highest BCUT2D eigenvalue weighted by Gasteiger charge is 2.27. The number of nitrogens with zero attached hydrogens (tertiary/aromatic N) is 4. The van der Waals surface area contributed by atoms with E-state index in [9.17, 15) is 14.7 Å². The van der Waals surface area contributed by atoms with Crippen LogP contribution in [0.4, 0.5) is 0 Å². The summed E-state index contributed by atoms with van der Waals surface area (Å²) in [6, 6.07) is 4.25. The average molecular weight is 275 g/mol. The van der Waals surface area contributed by atoms with E-state index in [0.29, 0.717) is 12.1 Å². The van der Waals surface area contributed by atoms with Crippen molar-refractivity contribution in [2.24, 2.45) is 5.73 Å². The van der Waals surface area contributed by atoms with Gasteiger partial charge in [0.25, 0.3) is 0 Å². The lowest BCUT2D eigenvalue weighted by Gasteiger charge is -2.13. The van der Waals surface area contributed by atoms with Crippen molar-refractivity contribution in [2.75, 3.05) is 0 Å². The molecule has 0 fully saturated rings. The molecule has 0 saturated heterocycles. The number of carboxylic acids is 1. The number of hydrogen-bond acceptors (Lipinski definition) is 5. The lowest BCUT2D eigenvalue weighted by molar-refractivity contribution is -0.121. The van der Waals surface area contributed by atoms with Crippen LogP contribution in [0.3, 0.4) is 0 Å². The van der Waals surface area contributed by atoms with E-state index in [4.69, 9.17) is 5.73 Å². The van der Waals surface area contributed by atoms with Gasteiger partial charge in [-0.1, -0.05) is 18.2 Å². The second-order valence-electron chi connectivity index (χ2n) is 4.08. The minimum atomic E-state index is -1.24. The SMILES string of the molecule is CCC(C(N)=O)n1nnc(C(=O)O)c1-c1ccccn1. The van der Waals surface area contributed by atoms with E-state index in [1.54, 1.807) is 25.1 Å². The van der Waals surface area contributed by atoms with Gasteiger partial charge >= 0.3 is 5.97 Å². The molecule has 1 amide bonds. The standard InChI is InChI=1S/C12H13N5O3/c1-2-8(11(13)18)17-10(7-5-3-4-6-14-7)9(12(19)20)15-16-17/h3-6,8H,2H2,1H3,(H2,13,18)(H,19,20). The lowest BCUT2D eigenvalue weighted by atomic mass is 10.1. The van der Waals surface area contributed by atoms with Crippen LogP contribution in [0.5, 0.6) is 0 Å². The van der Waals surface area contributed by atoms with E-state index >= 15 is 0 Å². The highest BCUT2D eigenvalue weighted by molar-refractivity contribution is 5.92. The van der Waals surface area contributed by atoms with E-state index < -0.39 is 17.9 Å². The molecule has 104 valence electrons. The Kier molecular flexibility index (Phi) is 3.74. The minimum Gasteiger partial charge on any atom is -0.476 e. The van der Waals surface area contributed by atoms with Gasteiger partial charge in [0.1, 0.15) is 11.7 Å². The van der Waals surface area contributed by atoms with E-state index in [1.165, 1.54) is 10.9 Å². The summed E-state index contributed by atoms with van der Waals surface area (Å²) in [5.41, 5.74) is 5.60. The molecule has 0 aromatic carbocycles. The Balaban J connectivity index is 2.65. The van der Waals surface area contributed by atoms with Crippen molar-refractivity contribution >= 4 is 11.9 Å². The summed E-state index contributed by atoms with van der Waals surface area (Å²) < 4.78 is 1.22. The Morgan fingerprint density at radius 3 is 2.70 bits per heavy atom. The molecule has 2 rings (SSSR count). The zero-order valence-corrected chi connectivity index (χ0v) is 10.7. The van der Waals surface area contributed by atoms with Gasteiger partial charge in [-0.25, -0.2) is 9.48 Å². The number of rotatable bonds is 5. The lowest BCUT2D eigenvalue weighted by Crippen LogP contribution is -2.27. The smallest absolute Gasteiger partial charge is 0.358 e. The van der Waals surface area contributed by atoms with E-state index in [2.05, 4.69) is 15.3 Å². The fourth-order valence-corrected chi connectivity index (χ4v) is 1.89. The zero-order valence-electron chi connectivity index (χ0n) is 10.7. The first-order chi connectivity index (χ1) is 9.56. The van der Waals surface area contributed by atoms with Crippen molar-refractivity contribution in [1.82, 2.24) is 20.0 Å². The highest BCUT2D eigenvalue weighted by Crippen LogP contribution is 2.24. The molecule has 2 heterocycles. The van der Waals surface area contributed by atoms with Gasteiger partial charge in [0, 0.05) is 6.20 Å². The van der Waals surface area contributed by atoms with Crippen molar-refractivity contribution in [3.63, 3.8) is 0 Å². The van der Waals surface area contributed by atoms with E-state index in [0.717, 1.165) is 0 Å². The number of amides is 1. The number of carboxylic acid groups (broad SMARTS) is 1. The van der Waals surface area contributed by atoms with Crippen LogP contribution in [0.1, 0.15) is 29.9 Å². The molecular weight excluding hydrogens is 262 g/mol. The first-order valence-electron chi connectivity index (χ1n) is 5.95. The monoisotopic (exact) mass is 275 g/mol. The third kappa shape index (κ3) is 2.35. The molecule has 8 nitrogen and oxygen atoms in total. The second kappa shape index (κ2) is 5.47. The quantitative estimate of drug-likeness (QED) is 0.817. The molecular formula is C12H13N5O3. The molecule has 2 aromatic rings. The number of primary amides is 1. The first-order valence-corrected chi connectivity index (χ1v) is 5.95. The maximum absolute atomic E-state index is 11.5. The van der Waals surface area contributed by atoms with Crippen LogP contribution >= 0.6 is 0 Å². The summed E-state index contributed by atoms with van der Waals surface area (Å²) in [5.74, 6) is -1.84. The van der Waals surface area contributed by atoms with E-state index in [-0.39, 0.29) is 11.4 Å². The summed E-state index contributed by atoms with van der Waals surface area (Å²) in [6.07, 6.45) is 1.89. The summed E-state index contributed by atoms with van der Waals surface area (Å²) in [5, 5.41) is 16.5. The number of carbonyl (C=O) groups is 2. The van der Waals surface area contributed by atoms with Crippen LogP contribution in [0.25, 0.3) is 11.4 Å². The number of aromatic carboxylic acids is 1. The molecule has 0 radical (unpaired) electrons. The predicted molar refractivity (Wildman–Crippen MR) is 68.7 cm³/mol. The van der Waals surface area contributed by atoms with Gasteiger partial charge in [-0.3, -0.25) is 9.78 Å². The predicted octanol–water partition coefficient (Wildman–Crippen LogP) is 0.475. The van der Waals surface area contributed by atoms with E-state index in [1.807, 2.05) is 0 Å². The van der Waals surface area contributed by atoms with Gasteiger partial charge in [0.05, 0.1) is 5.69 Å². The summed E-state index contributed by atoms with van der Waals surface area (Å²) in [7, 11) is 0. The van der Waals surface area contributed by atoms with Crippen LogP contribution < -0.4 is 5.73 Å². The van der Waals surface area contributed by atoms with Crippen LogP contribution in [0.2, 0.25) is 0 Å². The molecule has 1 atom stereocenters. The summed E-state index contributed by atoms with van der Waals surface area (Å²) in [4.78, 5) is 26.8. The van der Waals surface area contributed by atoms with Crippen LogP contribution in [0.15, 0.2) is 24.4 Å². The molecule has 0 aliphatic carbocycles. The van der Waals surface area contributed by atoms with Crippen molar-refractivity contribution in [2.45, 2.75) is 19.4 Å². The molecule has 0 aliphatic rings. The topological polar surface area (TPSA) is 124 Å². The van der Waals surface area contributed by atoms with Gasteiger partial charge in [0.15, 0.2) is 5.69 Å². The Morgan fingerprint density at radius 2 is 2.20 bits per heavy atom. The molecule has 3 N–H and O–H groups in total. The second-order valence-corrected chi connectivity index (χ2v) is 4.08. The van der Waals surface area contributed by atoms with Crippen LogP contribution in [-0.4, -0.2) is 37.0 Å². The first kappa shape index (κ1) is 13.7. The van der Waals surface area contributed by atoms with Gasteiger partial charge in [-0.05, 0) is 18.6 Å². The normalized spacial score (nSPS) is 12.1. The number of hydrogen-bond donors (Lipinski definition) is 2. The number of pyridine rings is 1. The summed E-state index contributed by atoms with van der Waals surface area (Å²) in [6.45, 7) is 1.75. The zero-order chi connectivity index (χ0) is 14.7. The van der Waals surface area contributed by atoms with Crippen LogP contribution in [-0.2, 0) is 4.79 Å². The Labute approximate surface area is 114 Å². The Bertz CT molecular complexity index is 638. The Hall–Kier alpha value is -2.77. The molecule has 0 bridgehead atoms. The molecule has 0 aliphatic heterocycles. The van der Waals surface area contributed by atoms with Gasteiger partial charge in [-0.2, -0.15) is 0 Å². The van der Waals surface area contributed by atoms with Gasteiger partial charge in [0.2, 0.25) is 5.91 Å². The van der Waals surface area contributed by atoms with Crippen molar-refractivity contribution in [3.8, 4) is 11.4 Å². The maximum atomic E-state index is 11.5. The number of carbonyl (C=O) groups excluding carboxylic acids is 1. The fraction of sp³-hybridized carbons (Fsp3) is 0.250. The summed E-state index contributed by atoms with van der Waals surface area (Å²) >= 11 is 0. The molecule has 8 heteroatoms. The van der Waals surface area contributed by atoms with Crippen molar-refractivity contribution in [1.29, 1.82) is 0 Å². The van der Waals surface area contributed by atoms with Crippen molar-refractivity contribution < 1.29 is 14.7 Å². The van der Waals surface area contributed by atoms with Gasteiger partial charge in [-0.15, -0.1) is 5.10 Å². The minimum absolute atomic E-state index is 0.170. The molecule has 0 saturated carbocycles. The Morgan fingerprint density at radius 1 is 1.45 bits per heavy atom. The van der Waals surface area contributed by atoms with Crippen LogP contribution in [0, 0.1) is 0 Å². The molecule has 1 unspecified atom stereocenters. The maximum Gasteiger partial charge on any atom is 0.358 e. The molecule has 20 heavy (non-hydrogen) atoms.